The largest absolute Gasteiger partial charge is 0.495 e. The average molecular weight is 244 g/mol. The van der Waals surface area contributed by atoms with Crippen LogP contribution in [0.25, 0.3) is 0 Å². The molecule has 0 atom stereocenters. The summed E-state index contributed by atoms with van der Waals surface area (Å²) in [6.45, 7) is 0. The van der Waals surface area contributed by atoms with Crippen molar-refractivity contribution in [2.45, 2.75) is 31.2 Å². The van der Waals surface area contributed by atoms with Gasteiger partial charge >= 0.3 is 0 Å². The fraction of sp³-hybridized carbons (Fsp3) is 0.500. The molecule has 1 saturated carbocycles. The molecule has 2 rings (SSSR count). The fourth-order valence-electron chi connectivity index (χ4n) is 1.71. The maximum Gasteiger partial charge on any atom is 0.140 e. The Morgan fingerprint density at radius 3 is 2.75 bits per heavy atom. The Balaban J connectivity index is 2.11. The number of nitrogens with two attached hydrogens (primary N) is 1. The van der Waals surface area contributed by atoms with E-state index in [0.717, 1.165) is 19.3 Å². The van der Waals surface area contributed by atoms with E-state index in [1.165, 1.54) is 13.2 Å². The Labute approximate surface area is 99.5 Å². The summed E-state index contributed by atoms with van der Waals surface area (Å²) in [5, 5.41) is 0.445. The molecular formula is C12H15ClFNO. The lowest BCUT2D eigenvalue weighted by molar-refractivity contribution is 0.410. The summed E-state index contributed by atoms with van der Waals surface area (Å²) in [6, 6.07) is 2.95. The Morgan fingerprint density at radius 2 is 2.19 bits per heavy atom. The Kier molecular flexibility index (Phi) is 3.08. The molecule has 2 nitrogen and oxygen atoms in total. The molecular weight excluding hydrogens is 229 g/mol. The number of methoxy groups -OCH3 is 1. The first-order valence-electron chi connectivity index (χ1n) is 5.35. The van der Waals surface area contributed by atoms with Crippen molar-refractivity contribution in [3.05, 3.63) is 28.5 Å². The molecule has 88 valence electrons. The van der Waals surface area contributed by atoms with Crippen molar-refractivity contribution in [1.29, 1.82) is 0 Å². The molecule has 0 heterocycles. The van der Waals surface area contributed by atoms with E-state index in [9.17, 15) is 4.39 Å². The second-order valence-corrected chi connectivity index (χ2v) is 4.85. The summed E-state index contributed by atoms with van der Waals surface area (Å²) in [5.74, 6) is 0.0994. The monoisotopic (exact) mass is 243 g/mol. The first-order valence-corrected chi connectivity index (χ1v) is 5.73. The fourth-order valence-corrected chi connectivity index (χ4v) is 1.98. The lowest BCUT2D eigenvalue weighted by atomic mass is 10.0. The predicted molar refractivity (Wildman–Crippen MR) is 62.4 cm³/mol. The van der Waals surface area contributed by atoms with E-state index in [-0.39, 0.29) is 11.4 Å². The third-order valence-electron chi connectivity index (χ3n) is 3.11. The van der Waals surface area contributed by atoms with Gasteiger partial charge in [0.25, 0.3) is 0 Å². The SMILES string of the molecule is COc1cc(F)c(CCC2(N)CC2)cc1Cl. The first kappa shape index (κ1) is 11.7. The predicted octanol–water partition coefficient (Wildman–Crippen LogP) is 2.91. The van der Waals surface area contributed by atoms with Crippen molar-refractivity contribution < 1.29 is 9.13 Å². The summed E-state index contributed by atoms with van der Waals surface area (Å²) >= 11 is 5.94. The summed E-state index contributed by atoms with van der Waals surface area (Å²) in [7, 11) is 1.47. The lowest BCUT2D eigenvalue weighted by Crippen LogP contribution is -2.22. The topological polar surface area (TPSA) is 35.2 Å². The number of aryl methyl sites for hydroxylation is 1. The molecule has 1 aliphatic rings. The number of ether oxygens (including phenoxy) is 1. The molecule has 1 fully saturated rings. The first-order chi connectivity index (χ1) is 7.54. The van der Waals surface area contributed by atoms with Crippen LogP contribution in [0.4, 0.5) is 4.39 Å². The molecule has 16 heavy (non-hydrogen) atoms. The van der Waals surface area contributed by atoms with Crippen molar-refractivity contribution in [2.24, 2.45) is 5.73 Å². The molecule has 0 aromatic heterocycles. The maximum atomic E-state index is 13.6. The highest BCUT2D eigenvalue weighted by Gasteiger charge is 2.37. The van der Waals surface area contributed by atoms with Crippen LogP contribution >= 0.6 is 11.6 Å². The number of hydrogen-bond acceptors (Lipinski definition) is 2. The summed E-state index contributed by atoms with van der Waals surface area (Å²) < 4.78 is 18.6. The van der Waals surface area contributed by atoms with Crippen LogP contribution in [0, 0.1) is 5.82 Å². The van der Waals surface area contributed by atoms with Crippen LogP contribution < -0.4 is 10.5 Å². The molecule has 4 heteroatoms. The third kappa shape index (κ3) is 2.47. The van der Waals surface area contributed by atoms with Crippen LogP contribution in [0.5, 0.6) is 5.75 Å². The quantitative estimate of drug-likeness (QED) is 0.883. The van der Waals surface area contributed by atoms with Crippen LogP contribution in [0.1, 0.15) is 24.8 Å². The van der Waals surface area contributed by atoms with Crippen molar-refractivity contribution >= 4 is 11.6 Å². The van der Waals surface area contributed by atoms with Crippen molar-refractivity contribution in [3.8, 4) is 5.75 Å². The van der Waals surface area contributed by atoms with Gasteiger partial charge < -0.3 is 10.5 Å². The molecule has 0 amide bonds. The van der Waals surface area contributed by atoms with Gasteiger partial charge in [0.05, 0.1) is 12.1 Å². The third-order valence-corrected chi connectivity index (χ3v) is 3.40. The van der Waals surface area contributed by atoms with Gasteiger partial charge in [-0.2, -0.15) is 0 Å². The van der Waals surface area contributed by atoms with Gasteiger partial charge in [0.15, 0.2) is 0 Å². The molecule has 0 aliphatic heterocycles. The highest BCUT2D eigenvalue weighted by Crippen LogP contribution is 2.37. The highest BCUT2D eigenvalue weighted by atomic mass is 35.5. The molecule has 1 aliphatic carbocycles. The second kappa shape index (κ2) is 4.22. The lowest BCUT2D eigenvalue weighted by Gasteiger charge is -2.10. The number of benzene rings is 1. The summed E-state index contributed by atoms with van der Waals surface area (Å²) in [5.41, 5.74) is 6.52. The molecule has 0 unspecified atom stereocenters. The van der Waals surface area contributed by atoms with E-state index in [1.807, 2.05) is 0 Å². The van der Waals surface area contributed by atoms with E-state index in [4.69, 9.17) is 22.1 Å². The van der Waals surface area contributed by atoms with E-state index in [1.54, 1.807) is 6.07 Å². The second-order valence-electron chi connectivity index (χ2n) is 4.44. The zero-order valence-electron chi connectivity index (χ0n) is 9.22. The van der Waals surface area contributed by atoms with Gasteiger partial charge in [-0.25, -0.2) is 4.39 Å². The zero-order valence-corrected chi connectivity index (χ0v) is 9.98. The van der Waals surface area contributed by atoms with E-state index < -0.39 is 0 Å². The van der Waals surface area contributed by atoms with Crippen molar-refractivity contribution in [2.75, 3.05) is 7.11 Å². The van der Waals surface area contributed by atoms with Gasteiger partial charge in [-0.1, -0.05) is 11.6 Å². The van der Waals surface area contributed by atoms with Gasteiger partial charge in [0, 0.05) is 11.6 Å². The molecule has 1 aromatic carbocycles. The summed E-state index contributed by atoms with van der Waals surface area (Å²) in [4.78, 5) is 0. The van der Waals surface area contributed by atoms with Gasteiger partial charge in [0.1, 0.15) is 11.6 Å². The number of hydrogen-bond donors (Lipinski definition) is 1. The van der Waals surface area contributed by atoms with Crippen LogP contribution in [0.2, 0.25) is 5.02 Å². The Hall–Kier alpha value is -0.800. The molecule has 0 saturated heterocycles. The average Bonchev–Trinajstić information content (AvgIpc) is 2.98. The van der Waals surface area contributed by atoms with Crippen LogP contribution in [0.15, 0.2) is 12.1 Å². The van der Waals surface area contributed by atoms with E-state index in [2.05, 4.69) is 0 Å². The molecule has 0 radical (unpaired) electrons. The molecule has 2 N–H and O–H groups in total. The van der Waals surface area contributed by atoms with Gasteiger partial charge in [0.2, 0.25) is 0 Å². The molecule has 0 bridgehead atoms. The van der Waals surface area contributed by atoms with Gasteiger partial charge in [-0.15, -0.1) is 0 Å². The van der Waals surface area contributed by atoms with Crippen molar-refractivity contribution in [1.82, 2.24) is 0 Å². The minimum absolute atomic E-state index is 0.0567. The van der Waals surface area contributed by atoms with Crippen LogP contribution in [-0.4, -0.2) is 12.6 Å². The molecule has 1 aromatic rings. The normalized spacial score (nSPS) is 17.2. The zero-order chi connectivity index (χ0) is 11.8. The maximum absolute atomic E-state index is 13.6. The number of halogens is 2. The Bertz CT molecular complexity index is 404. The molecule has 0 spiro atoms. The minimum atomic E-state index is -0.273. The van der Waals surface area contributed by atoms with E-state index in [0.29, 0.717) is 22.8 Å². The van der Waals surface area contributed by atoms with Crippen LogP contribution in [0.3, 0.4) is 0 Å². The highest BCUT2D eigenvalue weighted by molar-refractivity contribution is 6.32. The Morgan fingerprint density at radius 1 is 1.50 bits per heavy atom. The van der Waals surface area contributed by atoms with Gasteiger partial charge in [-0.3, -0.25) is 0 Å². The van der Waals surface area contributed by atoms with Crippen LogP contribution in [-0.2, 0) is 6.42 Å². The standard InChI is InChI=1S/C12H15ClFNO/c1-16-11-7-10(14)8(6-9(11)13)2-3-12(15)4-5-12/h6-7H,2-5,15H2,1H3. The van der Waals surface area contributed by atoms with E-state index >= 15 is 0 Å². The number of rotatable bonds is 4. The van der Waals surface area contributed by atoms with Crippen molar-refractivity contribution in [3.63, 3.8) is 0 Å². The smallest absolute Gasteiger partial charge is 0.140 e. The van der Waals surface area contributed by atoms with Gasteiger partial charge in [-0.05, 0) is 37.3 Å². The summed E-state index contributed by atoms with van der Waals surface area (Å²) in [6.07, 6.45) is 3.52. The minimum Gasteiger partial charge on any atom is -0.495 e.